The van der Waals surface area contributed by atoms with Crippen LogP contribution >= 0.6 is 0 Å². The zero-order valence-corrected chi connectivity index (χ0v) is 12.0. The summed E-state index contributed by atoms with van der Waals surface area (Å²) in [4.78, 5) is 14.6. The zero-order chi connectivity index (χ0) is 15.8. The lowest BCUT2D eigenvalue weighted by Crippen LogP contribution is -2.09. The minimum Gasteiger partial charge on any atom is -0.258 e. The quantitative estimate of drug-likeness (QED) is 0.513. The minimum absolute atomic E-state index is 0.0107. The highest BCUT2D eigenvalue weighted by molar-refractivity contribution is 5.58. The van der Waals surface area contributed by atoms with Gasteiger partial charge in [0.1, 0.15) is 12.9 Å². The Hall–Kier alpha value is -3.17. The van der Waals surface area contributed by atoms with Gasteiger partial charge in [-0.25, -0.2) is 14.3 Å². The van der Waals surface area contributed by atoms with E-state index in [4.69, 9.17) is 0 Å². The molecule has 10 nitrogen and oxygen atoms in total. The number of nitro benzene ring substituents is 1. The molecular weight excluding hydrogens is 300 g/mol. The first-order valence-electron chi connectivity index (χ1n) is 7.12. The topological polar surface area (TPSA) is 117 Å². The van der Waals surface area contributed by atoms with Crippen LogP contribution in [-0.4, -0.2) is 39.9 Å². The maximum atomic E-state index is 10.8. The Morgan fingerprint density at radius 2 is 2.22 bits per heavy atom. The fraction of sp³-hybridized carbons (Fsp3) is 0.308. The summed E-state index contributed by atoms with van der Waals surface area (Å²) < 4.78 is 3.44. The van der Waals surface area contributed by atoms with Crippen molar-refractivity contribution >= 4 is 5.69 Å². The third kappa shape index (κ3) is 2.65. The summed E-state index contributed by atoms with van der Waals surface area (Å²) in [6.45, 7) is 0.408. The summed E-state index contributed by atoms with van der Waals surface area (Å²) in [5, 5.41) is 26.9. The van der Waals surface area contributed by atoms with Gasteiger partial charge >= 0.3 is 0 Å². The van der Waals surface area contributed by atoms with Gasteiger partial charge in [-0.1, -0.05) is 12.1 Å². The zero-order valence-electron chi connectivity index (χ0n) is 12.0. The van der Waals surface area contributed by atoms with Crippen LogP contribution in [0.2, 0.25) is 0 Å². The molecule has 0 aliphatic heterocycles. The lowest BCUT2D eigenvalue weighted by atomic mass is 10.2. The van der Waals surface area contributed by atoms with E-state index in [-0.39, 0.29) is 5.69 Å². The monoisotopic (exact) mass is 312 g/mol. The van der Waals surface area contributed by atoms with E-state index in [1.54, 1.807) is 23.1 Å². The average Bonchev–Trinajstić information content (AvgIpc) is 3.11. The highest BCUT2D eigenvalue weighted by Crippen LogP contribution is 2.34. The van der Waals surface area contributed by atoms with Gasteiger partial charge in [0.2, 0.25) is 0 Å². The van der Waals surface area contributed by atoms with Crippen molar-refractivity contribution in [1.29, 1.82) is 0 Å². The molecule has 1 saturated carbocycles. The molecule has 116 valence electrons. The summed E-state index contributed by atoms with van der Waals surface area (Å²) in [7, 11) is 0. The van der Waals surface area contributed by atoms with Crippen LogP contribution in [0.4, 0.5) is 5.69 Å². The molecule has 3 aromatic rings. The van der Waals surface area contributed by atoms with Crippen LogP contribution < -0.4 is 0 Å². The normalized spacial score (nSPS) is 14.1. The smallest absolute Gasteiger partial charge is 0.258 e. The summed E-state index contributed by atoms with van der Waals surface area (Å²) in [5.74, 6) is 1.15. The van der Waals surface area contributed by atoms with Crippen molar-refractivity contribution in [1.82, 2.24) is 35.0 Å². The van der Waals surface area contributed by atoms with Gasteiger partial charge in [-0.05, 0) is 23.3 Å². The third-order valence-corrected chi connectivity index (χ3v) is 3.61. The number of nitro groups is 1. The van der Waals surface area contributed by atoms with Crippen LogP contribution in [-0.2, 0) is 6.54 Å². The molecule has 0 amide bonds. The Bertz CT molecular complexity index is 866. The number of hydrogen-bond acceptors (Lipinski definition) is 7. The van der Waals surface area contributed by atoms with E-state index >= 15 is 0 Å². The molecule has 0 unspecified atom stereocenters. The van der Waals surface area contributed by atoms with Crippen molar-refractivity contribution in [2.24, 2.45) is 0 Å². The molecule has 0 spiro atoms. The van der Waals surface area contributed by atoms with Crippen LogP contribution in [0.1, 0.15) is 24.7 Å². The molecule has 1 aromatic carbocycles. The second-order valence-electron chi connectivity index (χ2n) is 5.34. The van der Waals surface area contributed by atoms with E-state index < -0.39 is 4.92 Å². The van der Waals surface area contributed by atoms with Crippen molar-refractivity contribution in [2.45, 2.75) is 25.4 Å². The molecule has 2 heterocycles. The average molecular weight is 312 g/mol. The van der Waals surface area contributed by atoms with E-state index in [2.05, 4.69) is 25.6 Å². The lowest BCUT2D eigenvalue weighted by molar-refractivity contribution is -0.384. The van der Waals surface area contributed by atoms with E-state index in [0.717, 1.165) is 18.7 Å². The SMILES string of the molecule is O=[N+]([O-])c1cccc(-c2ncn(Cc3nnnn3C3CC3)n2)c1. The molecule has 0 saturated heterocycles. The van der Waals surface area contributed by atoms with Crippen molar-refractivity contribution in [3.8, 4) is 11.4 Å². The van der Waals surface area contributed by atoms with Crippen molar-refractivity contribution in [3.05, 3.63) is 46.5 Å². The predicted octanol–water partition coefficient (Wildman–Crippen LogP) is 1.22. The standard InChI is InChI=1S/C13H12N8O2/c22-21(23)11-3-1-2-9(6-11)13-14-8-19(16-13)7-12-15-17-18-20(12)10-4-5-10/h1-3,6,8,10H,4-5,7H2. The van der Waals surface area contributed by atoms with Crippen molar-refractivity contribution in [3.63, 3.8) is 0 Å². The highest BCUT2D eigenvalue weighted by Gasteiger charge is 2.27. The molecule has 0 atom stereocenters. The van der Waals surface area contributed by atoms with Crippen LogP contribution in [0, 0.1) is 10.1 Å². The maximum absolute atomic E-state index is 10.8. The van der Waals surface area contributed by atoms with E-state index in [0.29, 0.717) is 24.0 Å². The first kappa shape index (κ1) is 13.5. The fourth-order valence-corrected chi connectivity index (χ4v) is 2.33. The van der Waals surface area contributed by atoms with Crippen molar-refractivity contribution < 1.29 is 4.92 Å². The number of aromatic nitrogens is 7. The third-order valence-electron chi connectivity index (χ3n) is 3.61. The Morgan fingerprint density at radius 1 is 1.35 bits per heavy atom. The number of benzene rings is 1. The summed E-state index contributed by atoms with van der Waals surface area (Å²) in [6.07, 6.45) is 3.75. The fourth-order valence-electron chi connectivity index (χ4n) is 2.33. The van der Waals surface area contributed by atoms with Gasteiger partial charge in [0.05, 0.1) is 11.0 Å². The van der Waals surface area contributed by atoms with Crippen molar-refractivity contribution in [2.75, 3.05) is 0 Å². The molecule has 1 aliphatic carbocycles. The molecule has 23 heavy (non-hydrogen) atoms. The molecular formula is C13H12N8O2. The van der Waals surface area contributed by atoms with Gasteiger partial charge in [0.25, 0.3) is 5.69 Å². The predicted molar refractivity (Wildman–Crippen MR) is 77.3 cm³/mol. The van der Waals surface area contributed by atoms with Crippen LogP contribution in [0.15, 0.2) is 30.6 Å². The number of non-ortho nitro benzene ring substituents is 1. The molecule has 2 aromatic heterocycles. The molecule has 0 bridgehead atoms. The lowest BCUT2D eigenvalue weighted by Gasteiger charge is -2.01. The summed E-state index contributed by atoms with van der Waals surface area (Å²) in [5.41, 5.74) is 0.608. The van der Waals surface area contributed by atoms with Gasteiger partial charge in [-0.2, -0.15) is 5.10 Å². The Balaban J connectivity index is 1.58. The van der Waals surface area contributed by atoms with Crippen LogP contribution in [0.3, 0.4) is 0 Å². The minimum atomic E-state index is -0.440. The van der Waals surface area contributed by atoms with E-state index in [1.165, 1.54) is 12.1 Å². The number of rotatable bonds is 5. The number of nitrogens with zero attached hydrogens (tertiary/aromatic N) is 8. The van der Waals surface area contributed by atoms with E-state index in [1.807, 2.05) is 4.68 Å². The first-order chi connectivity index (χ1) is 11.2. The second-order valence-corrected chi connectivity index (χ2v) is 5.34. The molecule has 1 fully saturated rings. The Morgan fingerprint density at radius 3 is 3.00 bits per heavy atom. The van der Waals surface area contributed by atoms with Gasteiger partial charge in [0, 0.05) is 17.7 Å². The molecule has 0 N–H and O–H groups in total. The Kier molecular flexibility index (Phi) is 3.07. The second kappa shape index (κ2) is 5.23. The number of hydrogen-bond donors (Lipinski definition) is 0. The first-order valence-corrected chi connectivity index (χ1v) is 7.12. The van der Waals surface area contributed by atoms with Gasteiger partial charge in [0.15, 0.2) is 11.6 Å². The van der Waals surface area contributed by atoms with Gasteiger partial charge in [-0.15, -0.1) is 5.10 Å². The maximum Gasteiger partial charge on any atom is 0.270 e. The van der Waals surface area contributed by atoms with Gasteiger partial charge < -0.3 is 0 Å². The summed E-state index contributed by atoms with van der Waals surface area (Å²) >= 11 is 0. The Labute approximate surface area is 129 Å². The van der Waals surface area contributed by atoms with E-state index in [9.17, 15) is 10.1 Å². The van der Waals surface area contributed by atoms with Crippen LogP contribution in [0.25, 0.3) is 11.4 Å². The molecule has 0 radical (unpaired) electrons. The molecule has 4 rings (SSSR count). The van der Waals surface area contributed by atoms with Gasteiger partial charge in [-0.3, -0.25) is 10.1 Å². The summed E-state index contributed by atoms with van der Waals surface area (Å²) in [6, 6.07) is 6.63. The molecule has 10 heteroatoms. The highest BCUT2D eigenvalue weighted by atomic mass is 16.6. The number of tetrazole rings is 1. The van der Waals surface area contributed by atoms with Crippen LogP contribution in [0.5, 0.6) is 0 Å². The molecule has 1 aliphatic rings. The largest absolute Gasteiger partial charge is 0.270 e.